The average molecular weight is 332 g/mol. The lowest BCUT2D eigenvalue weighted by molar-refractivity contribution is -0.123. The minimum atomic E-state index is -0.0831. The molecule has 1 aromatic carbocycles. The topological polar surface area (TPSA) is 61.8 Å². The lowest BCUT2D eigenvalue weighted by Crippen LogP contribution is -2.54. The molecule has 0 bridgehead atoms. The molecule has 1 heterocycles. The number of aliphatic hydroxyl groups is 1. The van der Waals surface area contributed by atoms with Crippen molar-refractivity contribution in [3.63, 3.8) is 0 Å². The number of amides is 1. The quantitative estimate of drug-likeness (QED) is 0.861. The highest BCUT2D eigenvalue weighted by molar-refractivity contribution is 5.76. The Hall–Kier alpha value is -1.43. The van der Waals surface area contributed by atoms with Crippen LogP contribution in [0.1, 0.15) is 37.7 Å². The second kappa shape index (κ2) is 8.10. The number of hydrogen-bond donors (Lipinski definition) is 2. The number of morpholine rings is 1. The van der Waals surface area contributed by atoms with Gasteiger partial charge < -0.3 is 15.2 Å². The summed E-state index contributed by atoms with van der Waals surface area (Å²) in [5.41, 5.74) is 1.44. The van der Waals surface area contributed by atoms with Crippen molar-refractivity contribution in [2.24, 2.45) is 0 Å². The van der Waals surface area contributed by atoms with Gasteiger partial charge in [0.1, 0.15) is 0 Å². The smallest absolute Gasteiger partial charge is 0.222 e. The van der Waals surface area contributed by atoms with E-state index in [-0.39, 0.29) is 30.5 Å². The largest absolute Gasteiger partial charge is 0.396 e. The molecule has 2 aliphatic rings. The van der Waals surface area contributed by atoms with Crippen molar-refractivity contribution in [3.05, 3.63) is 35.9 Å². The fourth-order valence-corrected chi connectivity index (χ4v) is 4.17. The molecule has 1 amide bonds. The summed E-state index contributed by atoms with van der Waals surface area (Å²) in [6.45, 7) is 3.45. The molecule has 1 saturated heterocycles. The van der Waals surface area contributed by atoms with Crippen LogP contribution in [0.3, 0.4) is 0 Å². The summed E-state index contributed by atoms with van der Waals surface area (Å²) >= 11 is 0. The Balaban J connectivity index is 1.72. The van der Waals surface area contributed by atoms with Gasteiger partial charge in [-0.3, -0.25) is 9.69 Å². The van der Waals surface area contributed by atoms with E-state index in [1.54, 1.807) is 0 Å². The predicted molar refractivity (Wildman–Crippen MR) is 92.6 cm³/mol. The molecule has 0 atom stereocenters. The van der Waals surface area contributed by atoms with E-state index in [0.29, 0.717) is 0 Å². The summed E-state index contributed by atoms with van der Waals surface area (Å²) in [6.07, 6.45) is 4.23. The van der Waals surface area contributed by atoms with Crippen molar-refractivity contribution in [1.29, 1.82) is 0 Å². The Labute approximate surface area is 144 Å². The van der Waals surface area contributed by atoms with E-state index in [2.05, 4.69) is 40.5 Å². The van der Waals surface area contributed by atoms with Gasteiger partial charge in [0.15, 0.2) is 0 Å². The fraction of sp³-hybridized carbons (Fsp3) is 0.632. The molecule has 24 heavy (non-hydrogen) atoms. The van der Waals surface area contributed by atoms with Crippen molar-refractivity contribution in [2.75, 3.05) is 32.9 Å². The van der Waals surface area contributed by atoms with E-state index in [4.69, 9.17) is 9.84 Å². The van der Waals surface area contributed by atoms with E-state index >= 15 is 0 Å². The highest BCUT2D eigenvalue weighted by atomic mass is 16.5. The van der Waals surface area contributed by atoms with Crippen LogP contribution in [-0.2, 0) is 15.1 Å². The summed E-state index contributed by atoms with van der Waals surface area (Å²) in [5, 5.41) is 12.0. The number of rotatable bonds is 5. The minimum absolute atomic E-state index is 0.0407. The average Bonchev–Trinajstić information content (AvgIpc) is 2.64. The molecule has 5 nitrogen and oxygen atoms in total. The first-order valence-electron chi connectivity index (χ1n) is 9.03. The molecule has 3 rings (SSSR count). The maximum atomic E-state index is 11.7. The first kappa shape index (κ1) is 17.4. The van der Waals surface area contributed by atoms with Crippen LogP contribution in [0.15, 0.2) is 30.3 Å². The molecule has 132 valence electrons. The summed E-state index contributed by atoms with van der Waals surface area (Å²) in [7, 11) is 0. The van der Waals surface area contributed by atoms with Gasteiger partial charge >= 0.3 is 0 Å². The number of carbonyl (C=O) groups is 1. The van der Waals surface area contributed by atoms with Crippen molar-refractivity contribution in [1.82, 2.24) is 10.2 Å². The van der Waals surface area contributed by atoms with Crippen LogP contribution in [0.25, 0.3) is 0 Å². The number of benzene rings is 1. The summed E-state index contributed by atoms with van der Waals surface area (Å²) in [5.74, 6) is -0.0407. The second-order valence-corrected chi connectivity index (χ2v) is 6.81. The van der Waals surface area contributed by atoms with E-state index in [1.165, 1.54) is 5.56 Å². The molecule has 0 unspecified atom stereocenters. The maximum Gasteiger partial charge on any atom is 0.222 e. The molecule has 1 saturated carbocycles. The molecule has 5 heteroatoms. The third-order valence-corrected chi connectivity index (χ3v) is 5.44. The van der Waals surface area contributed by atoms with Crippen LogP contribution in [0.5, 0.6) is 0 Å². The maximum absolute atomic E-state index is 11.7. The summed E-state index contributed by atoms with van der Waals surface area (Å²) in [6, 6.07) is 11.0. The van der Waals surface area contributed by atoms with Crippen LogP contribution in [0.4, 0.5) is 0 Å². The van der Waals surface area contributed by atoms with Crippen molar-refractivity contribution in [3.8, 4) is 0 Å². The van der Waals surface area contributed by atoms with Gasteiger partial charge in [-0.1, -0.05) is 30.3 Å². The van der Waals surface area contributed by atoms with E-state index in [9.17, 15) is 4.79 Å². The zero-order valence-electron chi connectivity index (χ0n) is 14.2. The Morgan fingerprint density at radius 3 is 2.50 bits per heavy atom. The lowest BCUT2D eigenvalue weighted by Gasteiger charge is -2.50. The molecule has 0 spiro atoms. The van der Waals surface area contributed by atoms with Crippen LogP contribution < -0.4 is 5.32 Å². The molecular weight excluding hydrogens is 304 g/mol. The van der Waals surface area contributed by atoms with Gasteiger partial charge in [-0.25, -0.2) is 0 Å². The van der Waals surface area contributed by atoms with E-state index in [0.717, 1.165) is 52.0 Å². The van der Waals surface area contributed by atoms with Crippen LogP contribution in [-0.4, -0.2) is 54.9 Å². The number of carbonyl (C=O) groups excluding carboxylic acids is 1. The molecule has 1 aliphatic carbocycles. The number of nitrogens with zero attached hydrogens (tertiary/aromatic N) is 1. The van der Waals surface area contributed by atoms with Crippen molar-refractivity contribution < 1.29 is 14.6 Å². The Kier molecular flexibility index (Phi) is 5.87. The van der Waals surface area contributed by atoms with Gasteiger partial charge in [-0.05, 0) is 31.2 Å². The zero-order valence-corrected chi connectivity index (χ0v) is 14.2. The molecule has 0 aromatic heterocycles. The van der Waals surface area contributed by atoms with E-state index in [1.807, 2.05) is 0 Å². The zero-order chi connectivity index (χ0) is 16.8. The number of hydrogen-bond acceptors (Lipinski definition) is 4. The SMILES string of the molecule is O=C(CCO)NC1CCC(c2ccccc2)(N2CCOCC2)CC1. The Morgan fingerprint density at radius 2 is 1.88 bits per heavy atom. The first-order chi connectivity index (χ1) is 11.7. The Morgan fingerprint density at radius 1 is 1.21 bits per heavy atom. The van der Waals surface area contributed by atoms with Crippen LogP contribution in [0.2, 0.25) is 0 Å². The van der Waals surface area contributed by atoms with Crippen molar-refractivity contribution in [2.45, 2.75) is 43.7 Å². The molecule has 0 radical (unpaired) electrons. The van der Waals surface area contributed by atoms with Gasteiger partial charge in [0.2, 0.25) is 5.91 Å². The van der Waals surface area contributed by atoms with Gasteiger partial charge in [-0.2, -0.15) is 0 Å². The predicted octanol–water partition coefficient (Wildman–Crippen LogP) is 1.66. The standard InChI is InChI=1S/C19H28N2O3/c22-13-8-18(23)20-17-6-9-19(10-7-17,16-4-2-1-3-5-16)21-11-14-24-15-12-21/h1-5,17,22H,6-15H2,(H,20,23). The lowest BCUT2D eigenvalue weighted by atomic mass is 9.73. The summed E-state index contributed by atoms with van der Waals surface area (Å²) < 4.78 is 5.55. The van der Waals surface area contributed by atoms with E-state index < -0.39 is 0 Å². The molecule has 2 fully saturated rings. The molecular formula is C19H28N2O3. The molecule has 2 N–H and O–H groups in total. The van der Waals surface area contributed by atoms with Gasteiger partial charge in [0, 0.05) is 31.1 Å². The first-order valence-corrected chi connectivity index (χ1v) is 9.03. The highest BCUT2D eigenvalue weighted by Gasteiger charge is 2.42. The van der Waals surface area contributed by atoms with Crippen LogP contribution in [0, 0.1) is 0 Å². The Bertz CT molecular complexity index is 521. The highest BCUT2D eigenvalue weighted by Crippen LogP contribution is 2.42. The summed E-state index contributed by atoms with van der Waals surface area (Å²) in [4.78, 5) is 14.3. The third kappa shape index (κ3) is 3.79. The van der Waals surface area contributed by atoms with Crippen molar-refractivity contribution >= 4 is 5.91 Å². The number of nitrogens with one attached hydrogen (secondary N) is 1. The number of ether oxygens (including phenoxy) is 1. The monoisotopic (exact) mass is 332 g/mol. The molecule has 1 aromatic rings. The molecule has 1 aliphatic heterocycles. The van der Waals surface area contributed by atoms with Gasteiger partial charge in [0.05, 0.1) is 19.8 Å². The third-order valence-electron chi connectivity index (χ3n) is 5.44. The minimum Gasteiger partial charge on any atom is -0.396 e. The van der Waals surface area contributed by atoms with Crippen LogP contribution >= 0.6 is 0 Å². The fourth-order valence-electron chi connectivity index (χ4n) is 4.17. The van der Waals surface area contributed by atoms with Gasteiger partial charge in [-0.15, -0.1) is 0 Å². The second-order valence-electron chi connectivity index (χ2n) is 6.81. The van der Waals surface area contributed by atoms with Gasteiger partial charge in [0.25, 0.3) is 0 Å². The normalized spacial score (nSPS) is 28.5. The number of aliphatic hydroxyl groups excluding tert-OH is 1.